The fourth-order valence-corrected chi connectivity index (χ4v) is 6.43. The molecule has 0 aromatic heterocycles. The predicted molar refractivity (Wildman–Crippen MR) is 160 cm³/mol. The van der Waals surface area contributed by atoms with E-state index in [9.17, 15) is 9.90 Å². The van der Waals surface area contributed by atoms with Crippen LogP contribution in [0.5, 0.6) is 0 Å². The molecule has 1 saturated heterocycles. The number of benzene rings is 5. The number of amides is 1. The van der Waals surface area contributed by atoms with Crippen LogP contribution in [0.25, 0.3) is 0 Å². The van der Waals surface area contributed by atoms with Crippen LogP contribution in [0.1, 0.15) is 45.8 Å². The fraction of sp³-hybridized carbons (Fsp3) is 0.162. The van der Waals surface area contributed by atoms with Gasteiger partial charge in [-0.3, -0.25) is 4.79 Å². The van der Waals surface area contributed by atoms with Crippen LogP contribution in [0, 0.1) is 5.92 Å². The van der Waals surface area contributed by atoms with Gasteiger partial charge in [-0.25, -0.2) is 0 Å². The number of carbonyl (C=O) groups excluding carboxylic acids is 1. The Hall–Kier alpha value is -4.47. The van der Waals surface area contributed by atoms with E-state index in [2.05, 4.69) is 72.8 Å². The highest BCUT2D eigenvalue weighted by Gasteiger charge is 2.54. The van der Waals surface area contributed by atoms with Gasteiger partial charge in [0.1, 0.15) is 0 Å². The van der Waals surface area contributed by atoms with Crippen molar-refractivity contribution < 1.29 is 9.90 Å². The summed E-state index contributed by atoms with van der Waals surface area (Å²) in [6, 6.07) is 50.8. The van der Waals surface area contributed by atoms with E-state index in [-0.39, 0.29) is 23.8 Å². The van der Waals surface area contributed by atoms with E-state index in [4.69, 9.17) is 0 Å². The number of aliphatic hydroxyl groups is 1. The fourth-order valence-electron chi connectivity index (χ4n) is 6.43. The molecule has 1 amide bonds. The van der Waals surface area contributed by atoms with E-state index in [0.717, 1.165) is 27.8 Å². The minimum absolute atomic E-state index is 0.0177. The highest BCUT2D eigenvalue weighted by Crippen LogP contribution is 2.51. The zero-order chi connectivity index (χ0) is 27.3. The van der Waals surface area contributed by atoms with E-state index >= 15 is 0 Å². The highest BCUT2D eigenvalue weighted by molar-refractivity contribution is 5.85. The highest BCUT2D eigenvalue weighted by atomic mass is 16.3. The van der Waals surface area contributed by atoms with Crippen LogP contribution < -0.4 is 0 Å². The van der Waals surface area contributed by atoms with Crippen LogP contribution in [-0.4, -0.2) is 22.0 Å². The number of hydrogen-bond acceptors (Lipinski definition) is 2. The van der Waals surface area contributed by atoms with E-state index in [1.165, 1.54) is 0 Å². The molecule has 1 heterocycles. The summed E-state index contributed by atoms with van der Waals surface area (Å²) >= 11 is 0. The minimum atomic E-state index is -0.936. The van der Waals surface area contributed by atoms with Crippen molar-refractivity contribution in [3.05, 3.63) is 179 Å². The SMILES string of the molecule is O=C1[C@H]([C@@H](O)c2ccccc2)[C@@H](c2ccccc2)[C@H](C(c2ccccc2)c2ccccc2)N1Cc1ccccc1. The molecule has 0 spiro atoms. The van der Waals surface area contributed by atoms with Crippen molar-refractivity contribution in [3.8, 4) is 0 Å². The van der Waals surface area contributed by atoms with Crippen molar-refractivity contribution in [2.45, 2.75) is 30.5 Å². The second kappa shape index (κ2) is 11.7. The maximum atomic E-state index is 14.7. The van der Waals surface area contributed by atoms with E-state index < -0.39 is 12.0 Å². The van der Waals surface area contributed by atoms with Gasteiger partial charge >= 0.3 is 0 Å². The Kier molecular flexibility index (Phi) is 7.56. The zero-order valence-corrected chi connectivity index (χ0v) is 22.3. The summed E-state index contributed by atoms with van der Waals surface area (Å²) < 4.78 is 0. The first kappa shape index (κ1) is 25.8. The van der Waals surface area contributed by atoms with Crippen molar-refractivity contribution in [2.24, 2.45) is 5.92 Å². The average molecular weight is 524 g/mol. The van der Waals surface area contributed by atoms with Crippen LogP contribution in [0.4, 0.5) is 0 Å². The number of aliphatic hydroxyl groups excluding tert-OH is 1. The molecule has 1 N–H and O–H groups in total. The van der Waals surface area contributed by atoms with Crippen molar-refractivity contribution in [1.82, 2.24) is 4.90 Å². The van der Waals surface area contributed by atoms with Gasteiger partial charge in [0, 0.05) is 18.4 Å². The first-order valence-electron chi connectivity index (χ1n) is 13.9. The Labute approximate surface area is 236 Å². The summed E-state index contributed by atoms with van der Waals surface area (Å²) in [4.78, 5) is 16.7. The van der Waals surface area contributed by atoms with Gasteiger partial charge in [-0.05, 0) is 27.8 Å². The van der Waals surface area contributed by atoms with E-state index in [1.807, 2.05) is 83.8 Å². The zero-order valence-electron chi connectivity index (χ0n) is 22.3. The van der Waals surface area contributed by atoms with E-state index in [0.29, 0.717) is 6.54 Å². The quantitative estimate of drug-likeness (QED) is 0.231. The molecule has 0 saturated carbocycles. The Balaban J connectivity index is 1.57. The Morgan fingerprint density at radius 2 is 1.00 bits per heavy atom. The van der Waals surface area contributed by atoms with Gasteiger partial charge in [0.05, 0.1) is 18.1 Å². The first-order valence-corrected chi connectivity index (χ1v) is 13.9. The maximum absolute atomic E-state index is 14.7. The van der Waals surface area contributed by atoms with Crippen LogP contribution in [0.2, 0.25) is 0 Å². The Morgan fingerprint density at radius 1 is 0.575 bits per heavy atom. The van der Waals surface area contributed by atoms with Gasteiger partial charge in [0.2, 0.25) is 5.91 Å². The molecule has 0 aliphatic carbocycles. The van der Waals surface area contributed by atoms with Crippen molar-refractivity contribution >= 4 is 5.91 Å². The Morgan fingerprint density at radius 3 is 1.50 bits per heavy atom. The van der Waals surface area contributed by atoms with Gasteiger partial charge < -0.3 is 10.0 Å². The van der Waals surface area contributed by atoms with Gasteiger partial charge in [0.15, 0.2) is 0 Å². The number of carbonyl (C=O) groups is 1. The molecule has 5 aromatic rings. The van der Waals surface area contributed by atoms with Gasteiger partial charge in [0.25, 0.3) is 0 Å². The molecule has 1 fully saturated rings. The summed E-state index contributed by atoms with van der Waals surface area (Å²) in [7, 11) is 0. The third kappa shape index (κ3) is 5.09. The van der Waals surface area contributed by atoms with Gasteiger partial charge in [-0.15, -0.1) is 0 Å². The number of likely N-dealkylation sites (tertiary alicyclic amines) is 1. The lowest BCUT2D eigenvalue weighted by Crippen LogP contribution is -2.39. The standard InChI is InChI=1S/C37H33NO2/c39-36(31-24-14-5-15-25-31)34-33(30-22-12-4-13-23-30)35(38(37(34)40)26-27-16-6-1-7-17-27)32(28-18-8-2-9-19-28)29-20-10-3-11-21-29/h1-25,32-36,39H,26H2/t33-,34+,35+,36+/m1/s1. The van der Waals surface area contributed by atoms with Crippen LogP contribution in [0.3, 0.4) is 0 Å². The molecule has 0 radical (unpaired) electrons. The number of nitrogens with zero attached hydrogens (tertiary/aromatic N) is 1. The molecule has 198 valence electrons. The average Bonchev–Trinajstić information content (AvgIpc) is 3.30. The smallest absolute Gasteiger partial charge is 0.229 e. The minimum Gasteiger partial charge on any atom is -0.388 e. The van der Waals surface area contributed by atoms with Crippen LogP contribution >= 0.6 is 0 Å². The summed E-state index contributed by atoms with van der Waals surface area (Å²) in [5.41, 5.74) is 5.20. The second-order valence-corrected chi connectivity index (χ2v) is 10.6. The van der Waals surface area contributed by atoms with Crippen molar-refractivity contribution in [2.75, 3.05) is 0 Å². The topological polar surface area (TPSA) is 40.5 Å². The van der Waals surface area contributed by atoms with Crippen LogP contribution in [0.15, 0.2) is 152 Å². The van der Waals surface area contributed by atoms with Crippen LogP contribution in [-0.2, 0) is 11.3 Å². The molecule has 0 unspecified atom stereocenters. The second-order valence-electron chi connectivity index (χ2n) is 10.6. The third-order valence-electron chi connectivity index (χ3n) is 8.20. The third-order valence-corrected chi connectivity index (χ3v) is 8.20. The van der Waals surface area contributed by atoms with Gasteiger partial charge in [-0.2, -0.15) is 0 Å². The molecule has 3 heteroatoms. The molecular formula is C37H33NO2. The lowest BCUT2D eigenvalue weighted by Gasteiger charge is -2.36. The summed E-state index contributed by atoms with van der Waals surface area (Å²) in [5, 5.41) is 11.9. The van der Waals surface area contributed by atoms with Crippen molar-refractivity contribution in [3.63, 3.8) is 0 Å². The number of hydrogen-bond donors (Lipinski definition) is 1. The Bertz CT molecular complexity index is 1470. The lowest BCUT2D eigenvalue weighted by molar-refractivity contribution is -0.135. The summed E-state index contributed by atoms with van der Waals surface area (Å²) in [6.45, 7) is 0.474. The molecule has 40 heavy (non-hydrogen) atoms. The summed E-state index contributed by atoms with van der Waals surface area (Å²) in [5.74, 6) is -0.976. The normalized spacial score (nSPS) is 19.6. The molecule has 0 bridgehead atoms. The molecular weight excluding hydrogens is 490 g/mol. The van der Waals surface area contributed by atoms with Gasteiger partial charge in [-0.1, -0.05) is 152 Å². The van der Waals surface area contributed by atoms with Crippen molar-refractivity contribution in [1.29, 1.82) is 0 Å². The largest absolute Gasteiger partial charge is 0.388 e. The molecule has 3 nitrogen and oxygen atoms in total. The predicted octanol–water partition coefficient (Wildman–Crippen LogP) is 7.36. The van der Waals surface area contributed by atoms with E-state index in [1.54, 1.807) is 0 Å². The first-order chi connectivity index (χ1) is 19.7. The molecule has 1 aliphatic rings. The molecule has 1 aliphatic heterocycles. The maximum Gasteiger partial charge on any atom is 0.229 e. The summed E-state index contributed by atoms with van der Waals surface area (Å²) in [6.07, 6.45) is -0.936. The molecule has 5 aromatic carbocycles. The molecule has 4 atom stereocenters. The molecule has 6 rings (SSSR count). The number of rotatable bonds is 8. The lowest BCUT2D eigenvalue weighted by atomic mass is 9.72. The monoisotopic (exact) mass is 523 g/mol.